The number of rotatable bonds is 6. The van der Waals surface area contributed by atoms with Gasteiger partial charge in [-0.2, -0.15) is 0 Å². The zero-order chi connectivity index (χ0) is 21.7. The Labute approximate surface area is 177 Å². The summed E-state index contributed by atoms with van der Waals surface area (Å²) in [5.41, 5.74) is 3.04. The predicted molar refractivity (Wildman–Crippen MR) is 115 cm³/mol. The van der Waals surface area contributed by atoms with Crippen molar-refractivity contribution < 1.29 is 19.5 Å². The van der Waals surface area contributed by atoms with Gasteiger partial charge in [-0.1, -0.05) is 35.9 Å². The number of Topliss-reactive ketones (excluding diaryl/α,β-unsaturated/α-hetero) is 1. The third kappa shape index (κ3) is 5.21. The molecule has 3 N–H and O–H groups in total. The first kappa shape index (κ1) is 21.0. The summed E-state index contributed by atoms with van der Waals surface area (Å²) in [5.74, 6) is -0.954. The zero-order valence-electron chi connectivity index (χ0n) is 16.0. The van der Waals surface area contributed by atoms with Crippen molar-refractivity contribution in [1.29, 1.82) is 0 Å². The van der Waals surface area contributed by atoms with E-state index in [0.717, 1.165) is 11.1 Å². The van der Waals surface area contributed by atoms with E-state index in [9.17, 15) is 14.4 Å². The minimum atomic E-state index is -1.28. The first-order valence-corrected chi connectivity index (χ1v) is 9.35. The number of halogens is 1. The molecule has 0 aliphatic carbocycles. The number of hydrogen-bond donors (Lipinski definition) is 3. The number of anilines is 2. The van der Waals surface area contributed by atoms with Gasteiger partial charge in [-0.15, -0.1) is 0 Å². The molecule has 3 rings (SSSR count). The van der Waals surface area contributed by atoms with Crippen molar-refractivity contribution in [1.82, 2.24) is 4.98 Å². The Kier molecular flexibility index (Phi) is 6.44. The topological polar surface area (TPSA) is 108 Å². The van der Waals surface area contributed by atoms with Gasteiger partial charge in [0.05, 0.1) is 17.8 Å². The SMILES string of the molecule is Cc1cc(NC(=O)O)c(NC(=O)CC(=O)c2cccc(-c3cccnc3)c2)cc1Cl. The Morgan fingerprint density at radius 1 is 1.00 bits per heavy atom. The fourth-order valence-corrected chi connectivity index (χ4v) is 3.02. The number of aryl methyl sites for hydroxylation is 1. The van der Waals surface area contributed by atoms with Gasteiger partial charge < -0.3 is 10.4 Å². The summed E-state index contributed by atoms with van der Waals surface area (Å²) in [6.07, 6.45) is 1.66. The smallest absolute Gasteiger partial charge is 0.409 e. The Morgan fingerprint density at radius 3 is 2.43 bits per heavy atom. The lowest BCUT2D eigenvalue weighted by atomic mass is 10.0. The molecule has 2 amide bonds. The van der Waals surface area contributed by atoms with Crippen molar-refractivity contribution in [2.75, 3.05) is 10.6 Å². The summed E-state index contributed by atoms with van der Waals surface area (Å²) < 4.78 is 0. The molecule has 1 aromatic heterocycles. The molecule has 30 heavy (non-hydrogen) atoms. The van der Waals surface area contributed by atoms with E-state index in [0.29, 0.717) is 16.1 Å². The van der Waals surface area contributed by atoms with E-state index < -0.39 is 18.4 Å². The lowest BCUT2D eigenvalue weighted by Crippen LogP contribution is -2.18. The lowest BCUT2D eigenvalue weighted by molar-refractivity contribution is -0.115. The number of carbonyl (C=O) groups is 3. The van der Waals surface area contributed by atoms with E-state index in [2.05, 4.69) is 15.6 Å². The molecule has 0 spiro atoms. The van der Waals surface area contributed by atoms with Crippen LogP contribution in [0.4, 0.5) is 16.2 Å². The molecule has 152 valence electrons. The van der Waals surface area contributed by atoms with Crippen molar-refractivity contribution in [3.63, 3.8) is 0 Å². The van der Waals surface area contributed by atoms with E-state index >= 15 is 0 Å². The number of benzene rings is 2. The molecule has 0 aliphatic rings. The van der Waals surface area contributed by atoms with E-state index in [-0.39, 0.29) is 17.2 Å². The highest BCUT2D eigenvalue weighted by atomic mass is 35.5. The third-order valence-corrected chi connectivity index (χ3v) is 4.72. The second-order valence-corrected chi connectivity index (χ2v) is 6.95. The number of carbonyl (C=O) groups excluding carboxylic acids is 2. The number of pyridine rings is 1. The maximum Gasteiger partial charge on any atom is 0.409 e. The monoisotopic (exact) mass is 423 g/mol. The van der Waals surface area contributed by atoms with Gasteiger partial charge in [-0.25, -0.2) is 4.79 Å². The first-order valence-electron chi connectivity index (χ1n) is 8.97. The minimum absolute atomic E-state index is 0.170. The van der Waals surface area contributed by atoms with E-state index in [1.165, 1.54) is 12.1 Å². The van der Waals surface area contributed by atoms with Crippen molar-refractivity contribution in [2.45, 2.75) is 13.3 Å². The molecular formula is C22H18ClN3O4. The minimum Gasteiger partial charge on any atom is -0.465 e. The zero-order valence-corrected chi connectivity index (χ0v) is 16.7. The number of aromatic nitrogens is 1. The average Bonchev–Trinajstić information content (AvgIpc) is 2.72. The van der Waals surface area contributed by atoms with Gasteiger partial charge in [0.25, 0.3) is 0 Å². The number of carboxylic acid groups (broad SMARTS) is 1. The highest BCUT2D eigenvalue weighted by Gasteiger charge is 2.16. The fraction of sp³-hybridized carbons (Fsp3) is 0.0909. The number of nitrogens with one attached hydrogen (secondary N) is 2. The Morgan fingerprint density at radius 2 is 1.73 bits per heavy atom. The lowest BCUT2D eigenvalue weighted by Gasteiger charge is -2.13. The van der Waals surface area contributed by atoms with E-state index in [1.807, 2.05) is 12.1 Å². The molecule has 8 heteroatoms. The molecule has 0 fully saturated rings. The maximum atomic E-state index is 12.6. The highest BCUT2D eigenvalue weighted by molar-refractivity contribution is 6.32. The molecule has 0 aliphatic heterocycles. The first-order chi connectivity index (χ1) is 14.3. The Balaban J connectivity index is 1.75. The Hall–Kier alpha value is -3.71. The van der Waals surface area contributed by atoms with Gasteiger partial charge in [-0.3, -0.25) is 19.9 Å². The van der Waals surface area contributed by atoms with E-state index in [4.69, 9.17) is 16.7 Å². The standard InChI is InChI=1S/C22H18ClN3O4/c1-13-8-18(26-22(29)30)19(10-17(13)23)25-21(28)11-20(27)15-5-2-4-14(9-15)16-6-3-7-24-12-16/h2-10,12,26H,11H2,1H3,(H,25,28)(H,29,30). The molecule has 7 nitrogen and oxygen atoms in total. The van der Waals surface area contributed by atoms with Gasteiger partial charge in [0.15, 0.2) is 5.78 Å². The molecular weight excluding hydrogens is 406 g/mol. The van der Waals surface area contributed by atoms with Gasteiger partial charge in [0, 0.05) is 28.5 Å². The fourth-order valence-electron chi connectivity index (χ4n) is 2.85. The molecule has 1 heterocycles. The molecule has 3 aromatic rings. The maximum absolute atomic E-state index is 12.6. The molecule has 0 unspecified atom stereocenters. The van der Waals surface area contributed by atoms with Crippen LogP contribution >= 0.6 is 11.6 Å². The summed E-state index contributed by atoms with van der Waals surface area (Å²) in [4.78, 5) is 40.1. The second-order valence-electron chi connectivity index (χ2n) is 6.55. The molecule has 2 aromatic carbocycles. The van der Waals surface area contributed by atoms with Crippen LogP contribution in [0.1, 0.15) is 22.3 Å². The van der Waals surface area contributed by atoms with Crippen LogP contribution in [0.25, 0.3) is 11.1 Å². The molecule has 0 radical (unpaired) electrons. The van der Waals surface area contributed by atoms with E-state index in [1.54, 1.807) is 43.6 Å². The van der Waals surface area contributed by atoms with Gasteiger partial charge in [0.2, 0.25) is 5.91 Å². The van der Waals surface area contributed by atoms with Crippen molar-refractivity contribution in [2.24, 2.45) is 0 Å². The van der Waals surface area contributed by atoms with Crippen molar-refractivity contribution >= 4 is 40.8 Å². The van der Waals surface area contributed by atoms with Crippen LogP contribution in [-0.2, 0) is 4.79 Å². The number of nitrogens with zero attached hydrogens (tertiary/aromatic N) is 1. The van der Waals surface area contributed by atoms with Crippen LogP contribution in [-0.4, -0.2) is 27.9 Å². The van der Waals surface area contributed by atoms with Crippen LogP contribution in [0.5, 0.6) is 0 Å². The van der Waals surface area contributed by atoms with Gasteiger partial charge in [-0.05, 0) is 42.3 Å². The molecule has 0 bridgehead atoms. The number of hydrogen-bond acceptors (Lipinski definition) is 4. The molecule has 0 saturated carbocycles. The van der Waals surface area contributed by atoms with Crippen LogP contribution in [0.3, 0.4) is 0 Å². The summed E-state index contributed by atoms with van der Waals surface area (Å²) in [7, 11) is 0. The summed E-state index contributed by atoms with van der Waals surface area (Å²) in [5, 5.41) is 14.1. The van der Waals surface area contributed by atoms with Crippen LogP contribution < -0.4 is 10.6 Å². The normalized spacial score (nSPS) is 10.3. The van der Waals surface area contributed by atoms with Gasteiger partial charge in [0.1, 0.15) is 0 Å². The second kappa shape index (κ2) is 9.19. The van der Waals surface area contributed by atoms with Crippen LogP contribution in [0.15, 0.2) is 60.9 Å². The predicted octanol–water partition coefficient (Wildman–Crippen LogP) is 5.01. The third-order valence-electron chi connectivity index (χ3n) is 4.32. The number of ketones is 1. The molecule has 0 saturated heterocycles. The average molecular weight is 424 g/mol. The summed E-state index contributed by atoms with van der Waals surface area (Å²) in [6, 6.07) is 13.5. The van der Waals surface area contributed by atoms with Gasteiger partial charge >= 0.3 is 6.09 Å². The largest absolute Gasteiger partial charge is 0.465 e. The summed E-state index contributed by atoms with van der Waals surface area (Å²) >= 11 is 6.08. The quantitative estimate of drug-likeness (QED) is 0.381. The van der Waals surface area contributed by atoms with Crippen LogP contribution in [0.2, 0.25) is 5.02 Å². The van der Waals surface area contributed by atoms with Crippen molar-refractivity contribution in [3.05, 3.63) is 77.1 Å². The molecule has 0 atom stereocenters. The van der Waals surface area contributed by atoms with Crippen LogP contribution in [0, 0.1) is 6.92 Å². The summed E-state index contributed by atoms with van der Waals surface area (Å²) in [6.45, 7) is 1.71. The highest BCUT2D eigenvalue weighted by Crippen LogP contribution is 2.29. The Bertz CT molecular complexity index is 1120. The van der Waals surface area contributed by atoms with Crippen molar-refractivity contribution in [3.8, 4) is 11.1 Å². The number of amides is 2.